The Bertz CT molecular complexity index is 933. The Hall–Kier alpha value is -3.03. The molecule has 1 heterocycles. The molecule has 1 aliphatic rings. The van der Waals surface area contributed by atoms with Crippen molar-refractivity contribution in [3.8, 4) is 5.75 Å². The first-order valence-electron chi connectivity index (χ1n) is 8.70. The molecule has 148 valence electrons. The molecular weight excluding hydrogens is 371 g/mol. The van der Waals surface area contributed by atoms with Gasteiger partial charge in [0.15, 0.2) is 11.5 Å². The van der Waals surface area contributed by atoms with E-state index in [2.05, 4.69) is 9.73 Å². The number of alkyl halides is 3. The number of hydrogen-bond acceptors (Lipinski definition) is 4. The fourth-order valence-electron chi connectivity index (χ4n) is 3.36. The molecule has 0 fully saturated rings. The Morgan fingerprint density at radius 2 is 1.93 bits per heavy atom. The molecular formula is C20H20F3N3O2. The number of ether oxygens (including phenoxy) is 1. The van der Waals surface area contributed by atoms with Crippen molar-refractivity contribution in [3.05, 3.63) is 64.7 Å². The Morgan fingerprint density at radius 1 is 1.21 bits per heavy atom. The van der Waals surface area contributed by atoms with E-state index in [1.165, 1.54) is 24.1 Å². The molecule has 3 rings (SSSR count). The van der Waals surface area contributed by atoms with Gasteiger partial charge in [0.05, 0.1) is 0 Å². The van der Waals surface area contributed by atoms with Crippen molar-refractivity contribution in [2.24, 2.45) is 10.7 Å². The molecule has 0 bridgehead atoms. The Balaban J connectivity index is 2.23. The highest BCUT2D eigenvalue weighted by Crippen LogP contribution is 2.41. The van der Waals surface area contributed by atoms with E-state index in [-0.39, 0.29) is 11.7 Å². The lowest BCUT2D eigenvalue weighted by atomic mass is 9.81. The Labute approximate surface area is 160 Å². The molecule has 1 aliphatic heterocycles. The maximum Gasteiger partial charge on any atom is 0.387 e. The van der Waals surface area contributed by atoms with Gasteiger partial charge in [-0.15, -0.1) is 0 Å². The third kappa shape index (κ3) is 3.19. The van der Waals surface area contributed by atoms with Gasteiger partial charge in [0.2, 0.25) is 0 Å². The van der Waals surface area contributed by atoms with Crippen molar-refractivity contribution < 1.29 is 22.7 Å². The number of carbonyl (C=O) groups is 1. The van der Waals surface area contributed by atoms with Crippen LogP contribution in [0, 0.1) is 0 Å². The second kappa shape index (κ2) is 7.53. The third-order valence-electron chi connectivity index (χ3n) is 4.81. The fourth-order valence-corrected chi connectivity index (χ4v) is 3.36. The van der Waals surface area contributed by atoms with Crippen LogP contribution in [0.4, 0.5) is 13.2 Å². The fraction of sp³-hybridized carbons (Fsp3) is 0.300. The second-order valence-corrected chi connectivity index (χ2v) is 6.43. The number of rotatable bonds is 6. The molecule has 8 heteroatoms. The number of carbonyl (C=O) groups excluding carboxylic acids is 1. The molecule has 2 aromatic rings. The lowest BCUT2D eigenvalue weighted by Crippen LogP contribution is -2.41. The molecule has 2 N–H and O–H groups in total. The summed E-state index contributed by atoms with van der Waals surface area (Å²) >= 11 is 0. The smallest absolute Gasteiger partial charge is 0.387 e. The van der Waals surface area contributed by atoms with Crippen LogP contribution in [0.25, 0.3) is 0 Å². The number of aryl methyl sites for hydroxylation is 1. The average Bonchev–Trinajstić information content (AvgIpc) is 2.92. The predicted molar refractivity (Wildman–Crippen MR) is 98.9 cm³/mol. The van der Waals surface area contributed by atoms with Crippen LogP contribution < -0.4 is 10.5 Å². The first kappa shape index (κ1) is 19.7. The van der Waals surface area contributed by atoms with Crippen LogP contribution in [-0.2, 0) is 23.4 Å². The van der Waals surface area contributed by atoms with Gasteiger partial charge in [-0.05, 0) is 46.9 Å². The molecule has 0 aromatic heterocycles. The predicted octanol–water partition coefficient (Wildman–Crippen LogP) is 3.35. The summed E-state index contributed by atoms with van der Waals surface area (Å²) in [5, 5.41) is 0. The van der Waals surface area contributed by atoms with Crippen molar-refractivity contribution in [1.82, 2.24) is 4.90 Å². The van der Waals surface area contributed by atoms with Crippen molar-refractivity contribution in [3.63, 3.8) is 0 Å². The molecule has 1 amide bonds. The van der Waals surface area contributed by atoms with Crippen LogP contribution >= 0.6 is 0 Å². The average molecular weight is 391 g/mol. The lowest BCUT2D eigenvalue weighted by molar-refractivity contribution is -0.129. The van der Waals surface area contributed by atoms with Crippen LogP contribution in [-0.4, -0.2) is 30.4 Å². The van der Waals surface area contributed by atoms with Crippen LogP contribution in [0.2, 0.25) is 0 Å². The molecule has 5 nitrogen and oxygen atoms in total. The number of amides is 1. The van der Waals surface area contributed by atoms with Crippen molar-refractivity contribution in [2.75, 3.05) is 7.05 Å². The van der Waals surface area contributed by atoms with Crippen LogP contribution in [0.3, 0.4) is 0 Å². The van der Waals surface area contributed by atoms with E-state index >= 15 is 0 Å². The van der Waals surface area contributed by atoms with E-state index in [1.54, 1.807) is 37.3 Å². The Kier molecular flexibility index (Phi) is 5.31. The molecule has 2 aromatic carbocycles. The van der Waals surface area contributed by atoms with Crippen molar-refractivity contribution in [2.45, 2.75) is 32.2 Å². The third-order valence-corrected chi connectivity index (χ3v) is 4.81. The van der Waals surface area contributed by atoms with Gasteiger partial charge in [-0.25, -0.2) is 9.38 Å². The topological polar surface area (TPSA) is 67.9 Å². The molecule has 0 radical (unpaired) electrons. The van der Waals surface area contributed by atoms with E-state index in [4.69, 9.17) is 5.73 Å². The summed E-state index contributed by atoms with van der Waals surface area (Å²) in [4.78, 5) is 18.8. The molecule has 0 saturated carbocycles. The first-order chi connectivity index (χ1) is 13.3. The van der Waals surface area contributed by atoms with E-state index in [0.29, 0.717) is 28.7 Å². The van der Waals surface area contributed by atoms with Crippen LogP contribution in [0.5, 0.6) is 5.75 Å². The summed E-state index contributed by atoms with van der Waals surface area (Å²) in [6, 6.07) is 11.0. The van der Waals surface area contributed by atoms with Gasteiger partial charge in [-0.1, -0.05) is 31.2 Å². The quantitative estimate of drug-likeness (QED) is 0.821. The van der Waals surface area contributed by atoms with Gasteiger partial charge in [0.1, 0.15) is 12.4 Å². The van der Waals surface area contributed by atoms with Gasteiger partial charge in [0, 0.05) is 7.05 Å². The minimum absolute atomic E-state index is 0.0154. The zero-order valence-electron chi connectivity index (χ0n) is 15.5. The minimum Gasteiger partial charge on any atom is -0.435 e. The summed E-state index contributed by atoms with van der Waals surface area (Å²) in [7, 11) is 1.50. The van der Waals surface area contributed by atoms with Gasteiger partial charge >= 0.3 is 6.61 Å². The lowest BCUT2D eigenvalue weighted by Gasteiger charge is -2.27. The highest BCUT2D eigenvalue weighted by molar-refractivity contribution is 6.08. The molecule has 0 saturated heterocycles. The molecule has 0 spiro atoms. The number of aliphatic imine (C=N–C) groups is 1. The van der Waals surface area contributed by atoms with Crippen LogP contribution in [0.1, 0.15) is 29.2 Å². The molecule has 0 unspecified atom stereocenters. The monoisotopic (exact) mass is 391 g/mol. The van der Waals surface area contributed by atoms with Crippen molar-refractivity contribution in [1.29, 1.82) is 0 Å². The zero-order chi connectivity index (χ0) is 20.5. The highest BCUT2D eigenvalue weighted by atomic mass is 19.3. The van der Waals surface area contributed by atoms with E-state index < -0.39 is 24.7 Å². The molecule has 28 heavy (non-hydrogen) atoms. The van der Waals surface area contributed by atoms with Crippen molar-refractivity contribution >= 4 is 11.9 Å². The second-order valence-electron chi connectivity index (χ2n) is 6.43. The number of nitrogens with zero attached hydrogens (tertiary/aromatic N) is 2. The summed E-state index contributed by atoms with van der Waals surface area (Å²) in [5.74, 6) is -0.364. The summed E-state index contributed by atoms with van der Waals surface area (Å²) < 4.78 is 43.1. The SMILES string of the molecule is CCc1cc([C@]2(c3cccc(CF)c3)N=C(N)N(C)C2=O)ccc1OC(F)F. The van der Waals surface area contributed by atoms with E-state index in [1.807, 2.05) is 0 Å². The first-order valence-corrected chi connectivity index (χ1v) is 8.70. The number of likely N-dealkylation sites (N-methyl/N-ethyl adjacent to an activating group) is 1. The number of nitrogens with two attached hydrogens (primary N) is 1. The maximum atomic E-state index is 13.2. The zero-order valence-corrected chi connectivity index (χ0v) is 15.5. The number of benzene rings is 2. The summed E-state index contributed by atoms with van der Waals surface area (Å²) in [5.41, 5.74) is 6.17. The van der Waals surface area contributed by atoms with E-state index in [0.717, 1.165) is 0 Å². The van der Waals surface area contributed by atoms with Gasteiger partial charge in [-0.2, -0.15) is 8.78 Å². The normalized spacial score (nSPS) is 19.3. The number of halogens is 3. The van der Waals surface area contributed by atoms with Gasteiger partial charge < -0.3 is 10.5 Å². The van der Waals surface area contributed by atoms with Gasteiger partial charge in [0.25, 0.3) is 5.91 Å². The molecule has 0 aliphatic carbocycles. The summed E-state index contributed by atoms with van der Waals surface area (Å²) in [6.07, 6.45) is 0.402. The maximum absolute atomic E-state index is 13.2. The van der Waals surface area contributed by atoms with E-state index in [9.17, 15) is 18.0 Å². The standard InChI is InChI=1S/C20H20F3N3O2/c1-3-13-10-15(7-8-16(13)28-18(22)23)20(17(27)26(2)19(24)25-20)14-6-4-5-12(9-14)11-21/h4-10,18H,3,11H2,1-2H3,(H2,24,25)/t20-/m0/s1. The summed E-state index contributed by atoms with van der Waals surface area (Å²) in [6.45, 7) is -1.87. The highest BCUT2D eigenvalue weighted by Gasteiger charge is 2.49. The van der Waals surface area contributed by atoms with Crippen LogP contribution in [0.15, 0.2) is 47.5 Å². The Morgan fingerprint density at radius 3 is 2.50 bits per heavy atom. The number of hydrogen-bond donors (Lipinski definition) is 1. The molecule has 1 atom stereocenters. The largest absolute Gasteiger partial charge is 0.435 e. The number of guanidine groups is 1. The minimum atomic E-state index is -2.96. The van der Waals surface area contributed by atoms with Gasteiger partial charge in [-0.3, -0.25) is 9.69 Å².